The zero-order valence-corrected chi connectivity index (χ0v) is 13.1. The Labute approximate surface area is 133 Å². The molecule has 7 heteroatoms. The van der Waals surface area contributed by atoms with Gasteiger partial charge in [-0.15, -0.1) is 0 Å². The van der Waals surface area contributed by atoms with Crippen molar-refractivity contribution in [1.29, 1.82) is 0 Å². The molecule has 1 saturated carbocycles. The van der Waals surface area contributed by atoms with Crippen molar-refractivity contribution in [1.82, 2.24) is 5.32 Å². The summed E-state index contributed by atoms with van der Waals surface area (Å²) >= 11 is 0. The lowest BCUT2D eigenvalue weighted by Crippen LogP contribution is -2.33. The molecule has 0 radical (unpaired) electrons. The molecule has 1 amide bonds. The molecule has 2 atom stereocenters. The van der Waals surface area contributed by atoms with Crippen molar-refractivity contribution in [2.24, 2.45) is 5.92 Å². The average molecular weight is 320 g/mol. The van der Waals surface area contributed by atoms with Crippen LogP contribution in [0.3, 0.4) is 0 Å². The minimum atomic E-state index is -0.848. The first-order valence-corrected chi connectivity index (χ1v) is 7.61. The fraction of sp³-hybridized carbons (Fsp3) is 0.500. The zero-order valence-electron chi connectivity index (χ0n) is 13.1. The Hall–Kier alpha value is -2.44. The lowest BCUT2D eigenvalue weighted by molar-refractivity contribution is -0.385. The van der Waals surface area contributed by atoms with Crippen molar-refractivity contribution in [3.8, 4) is 0 Å². The van der Waals surface area contributed by atoms with Gasteiger partial charge in [-0.05, 0) is 31.2 Å². The number of amides is 1. The van der Waals surface area contributed by atoms with Crippen LogP contribution in [-0.2, 0) is 4.79 Å². The molecule has 0 saturated heterocycles. The Balaban J connectivity index is 2.12. The average Bonchev–Trinajstić information content (AvgIpc) is 2.95. The molecule has 1 aromatic carbocycles. The molecule has 1 aromatic rings. The molecule has 2 rings (SSSR count). The quantitative estimate of drug-likeness (QED) is 0.640. The maximum Gasteiger partial charge on any atom is 0.306 e. The Morgan fingerprint density at radius 3 is 2.57 bits per heavy atom. The maximum absolute atomic E-state index is 12.3. The van der Waals surface area contributed by atoms with Crippen molar-refractivity contribution in [3.05, 3.63) is 39.4 Å². The van der Waals surface area contributed by atoms with E-state index in [1.165, 1.54) is 6.07 Å². The van der Waals surface area contributed by atoms with Gasteiger partial charge in [0.15, 0.2) is 0 Å². The van der Waals surface area contributed by atoms with E-state index in [1.807, 2.05) is 13.8 Å². The summed E-state index contributed by atoms with van der Waals surface area (Å²) in [5.41, 5.74) is 0.737. The van der Waals surface area contributed by atoms with E-state index in [9.17, 15) is 19.7 Å². The van der Waals surface area contributed by atoms with E-state index in [2.05, 4.69) is 5.32 Å². The lowest BCUT2D eigenvalue weighted by atomic mass is 9.99. The smallest absolute Gasteiger partial charge is 0.306 e. The van der Waals surface area contributed by atoms with Gasteiger partial charge in [0, 0.05) is 23.2 Å². The number of benzene rings is 1. The van der Waals surface area contributed by atoms with Gasteiger partial charge in [-0.25, -0.2) is 0 Å². The highest BCUT2D eigenvalue weighted by atomic mass is 16.6. The van der Waals surface area contributed by atoms with Crippen molar-refractivity contribution in [3.63, 3.8) is 0 Å². The molecule has 0 bridgehead atoms. The summed E-state index contributed by atoms with van der Waals surface area (Å²) in [7, 11) is 0. The summed E-state index contributed by atoms with van der Waals surface area (Å²) in [5, 5.41) is 22.9. The van der Waals surface area contributed by atoms with Crippen molar-refractivity contribution in [2.45, 2.75) is 45.1 Å². The number of rotatable bonds is 5. The van der Waals surface area contributed by atoms with Crippen LogP contribution in [0, 0.1) is 16.0 Å². The molecule has 0 spiro atoms. The first-order valence-electron chi connectivity index (χ1n) is 7.61. The first kappa shape index (κ1) is 16.9. The predicted octanol–water partition coefficient (Wildman–Crippen LogP) is 2.70. The normalized spacial score (nSPS) is 20.5. The molecular formula is C16H20N2O5. The highest BCUT2D eigenvalue weighted by Gasteiger charge is 2.31. The van der Waals surface area contributed by atoms with E-state index in [4.69, 9.17) is 5.11 Å². The summed E-state index contributed by atoms with van der Waals surface area (Å²) in [4.78, 5) is 33.9. The number of nitrogens with zero attached hydrogens (tertiary/aromatic N) is 1. The molecule has 0 heterocycles. The number of hydrogen-bond donors (Lipinski definition) is 2. The number of carboxylic acids is 1. The monoisotopic (exact) mass is 320 g/mol. The fourth-order valence-corrected chi connectivity index (χ4v) is 2.94. The number of nitro benzene ring substituents is 1. The summed E-state index contributed by atoms with van der Waals surface area (Å²) in [5.74, 6) is -1.70. The highest BCUT2D eigenvalue weighted by molar-refractivity contribution is 5.95. The van der Waals surface area contributed by atoms with E-state index >= 15 is 0 Å². The number of hydrogen-bond acceptors (Lipinski definition) is 4. The van der Waals surface area contributed by atoms with E-state index in [0.717, 1.165) is 0 Å². The fourth-order valence-electron chi connectivity index (χ4n) is 2.94. The van der Waals surface area contributed by atoms with E-state index in [-0.39, 0.29) is 23.2 Å². The second-order valence-electron chi connectivity index (χ2n) is 6.20. The molecule has 1 aliphatic rings. The van der Waals surface area contributed by atoms with Crippen LogP contribution < -0.4 is 5.32 Å². The zero-order chi connectivity index (χ0) is 17.1. The Morgan fingerprint density at radius 2 is 2.04 bits per heavy atom. The highest BCUT2D eigenvalue weighted by Crippen LogP contribution is 2.28. The Kier molecular flexibility index (Phi) is 4.98. The van der Waals surface area contributed by atoms with Crippen LogP contribution >= 0.6 is 0 Å². The second kappa shape index (κ2) is 6.76. The summed E-state index contributed by atoms with van der Waals surface area (Å²) < 4.78 is 0. The molecule has 2 N–H and O–H groups in total. The van der Waals surface area contributed by atoms with Gasteiger partial charge in [0.05, 0.1) is 10.8 Å². The van der Waals surface area contributed by atoms with Crippen LogP contribution in [0.4, 0.5) is 5.69 Å². The van der Waals surface area contributed by atoms with Crippen LogP contribution in [-0.4, -0.2) is 27.9 Å². The molecule has 0 unspecified atom stereocenters. The number of aliphatic carboxylic acids is 1. The molecule has 23 heavy (non-hydrogen) atoms. The van der Waals surface area contributed by atoms with Crippen molar-refractivity contribution in [2.75, 3.05) is 0 Å². The Bertz CT molecular complexity index is 641. The van der Waals surface area contributed by atoms with Crippen LogP contribution in [0.25, 0.3) is 0 Å². The minimum Gasteiger partial charge on any atom is -0.481 e. The standard InChI is InChI=1S/C16H20N2O5/c1-9(2)13-6-4-10(8-14(13)18(22)23)15(19)17-12-5-3-11(7-12)16(20)21/h4,6,8-9,11-12H,3,5,7H2,1-2H3,(H,17,19)(H,20,21)/t11-,12+/m1/s1. The van der Waals surface area contributed by atoms with Gasteiger partial charge in [0.25, 0.3) is 11.6 Å². The SMILES string of the molecule is CC(C)c1ccc(C(=O)N[C@H]2CC[C@@H](C(=O)O)C2)cc1[N+](=O)[O-]. The Morgan fingerprint density at radius 1 is 1.35 bits per heavy atom. The molecule has 124 valence electrons. The van der Waals surface area contributed by atoms with Gasteiger partial charge in [0.2, 0.25) is 0 Å². The third-order valence-corrected chi connectivity index (χ3v) is 4.23. The predicted molar refractivity (Wildman–Crippen MR) is 83.4 cm³/mol. The van der Waals surface area contributed by atoms with Gasteiger partial charge in [-0.3, -0.25) is 19.7 Å². The number of nitro groups is 1. The second-order valence-corrected chi connectivity index (χ2v) is 6.20. The van der Waals surface area contributed by atoms with E-state index in [1.54, 1.807) is 12.1 Å². The number of carboxylic acid groups (broad SMARTS) is 1. The van der Waals surface area contributed by atoms with Gasteiger partial charge in [-0.2, -0.15) is 0 Å². The van der Waals surface area contributed by atoms with Crippen LogP contribution in [0.5, 0.6) is 0 Å². The van der Waals surface area contributed by atoms with Gasteiger partial charge in [0.1, 0.15) is 0 Å². The number of carbonyl (C=O) groups excluding carboxylic acids is 1. The van der Waals surface area contributed by atoms with E-state index in [0.29, 0.717) is 24.8 Å². The largest absolute Gasteiger partial charge is 0.481 e. The molecule has 0 aliphatic heterocycles. The number of carbonyl (C=O) groups is 2. The lowest BCUT2D eigenvalue weighted by Gasteiger charge is -2.13. The van der Waals surface area contributed by atoms with Crippen LogP contribution in [0.1, 0.15) is 54.9 Å². The van der Waals surface area contributed by atoms with Crippen LogP contribution in [0.2, 0.25) is 0 Å². The summed E-state index contributed by atoms with van der Waals surface area (Å²) in [6, 6.07) is 4.26. The van der Waals surface area contributed by atoms with Gasteiger partial charge < -0.3 is 10.4 Å². The summed E-state index contributed by atoms with van der Waals surface area (Å²) in [6.07, 6.45) is 1.54. The van der Waals surface area contributed by atoms with E-state index < -0.39 is 22.7 Å². The maximum atomic E-state index is 12.3. The molecule has 1 fully saturated rings. The van der Waals surface area contributed by atoms with Gasteiger partial charge in [-0.1, -0.05) is 19.9 Å². The minimum absolute atomic E-state index is 0.0151. The van der Waals surface area contributed by atoms with Crippen molar-refractivity contribution < 1.29 is 19.6 Å². The first-order chi connectivity index (χ1) is 10.8. The molecule has 0 aromatic heterocycles. The molecular weight excluding hydrogens is 300 g/mol. The molecule has 1 aliphatic carbocycles. The third kappa shape index (κ3) is 3.85. The van der Waals surface area contributed by atoms with Gasteiger partial charge >= 0.3 is 5.97 Å². The number of nitrogens with one attached hydrogen (secondary N) is 1. The summed E-state index contributed by atoms with van der Waals surface area (Å²) in [6.45, 7) is 3.71. The van der Waals surface area contributed by atoms with Crippen molar-refractivity contribution >= 4 is 17.6 Å². The molecule has 7 nitrogen and oxygen atoms in total. The third-order valence-electron chi connectivity index (χ3n) is 4.23. The topological polar surface area (TPSA) is 110 Å². The van der Waals surface area contributed by atoms with Crippen LogP contribution in [0.15, 0.2) is 18.2 Å².